The van der Waals surface area contributed by atoms with Gasteiger partial charge in [-0.2, -0.15) is 0 Å². The summed E-state index contributed by atoms with van der Waals surface area (Å²) in [6.45, 7) is 3.84. The van der Waals surface area contributed by atoms with E-state index in [-0.39, 0.29) is 12.6 Å². The summed E-state index contributed by atoms with van der Waals surface area (Å²) in [7, 11) is 0. The molecular weight excluding hydrogens is 336 g/mol. The van der Waals surface area contributed by atoms with E-state index in [9.17, 15) is 9.90 Å². The van der Waals surface area contributed by atoms with Gasteiger partial charge in [-0.1, -0.05) is 68.3 Å². The lowest BCUT2D eigenvalue weighted by molar-refractivity contribution is -0.137. The minimum absolute atomic E-state index is 0.0469. The van der Waals surface area contributed by atoms with Crippen molar-refractivity contribution >= 4 is 5.97 Å². The van der Waals surface area contributed by atoms with Crippen LogP contribution in [0.15, 0.2) is 55.1 Å². The SMILES string of the molecule is C=CC(=O)OCCc1cc(C2CCCCC2)ccc1-c1ccc(CO)cc1. The summed E-state index contributed by atoms with van der Waals surface area (Å²) in [5, 5.41) is 9.27. The molecule has 0 radical (unpaired) electrons. The Morgan fingerprint density at radius 3 is 2.52 bits per heavy atom. The van der Waals surface area contributed by atoms with E-state index < -0.39 is 0 Å². The van der Waals surface area contributed by atoms with Crippen molar-refractivity contribution in [1.82, 2.24) is 0 Å². The molecule has 0 unspecified atom stereocenters. The van der Waals surface area contributed by atoms with Crippen molar-refractivity contribution in [3.8, 4) is 11.1 Å². The fourth-order valence-electron chi connectivity index (χ4n) is 3.90. The van der Waals surface area contributed by atoms with E-state index in [1.165, 1.54) is 49.3 Å². The van der Waals surface area contributed by atoms with E-state index in [0.717, 1.165) is 16.7 Å². The largest absolute Gasteiger partial charge is 0.462 e. The average Bonchev–Trinajstić information content (AvgIpc) is 2.74. The third-order valence-corrected chi connectivity index (χ3v) is 5.44. The summed E-state index contributed by atoms with van der Waals surface area (Å²) in [6, 6.07) is 14.7. The van der Waals surface area contributed by atoms with Gasteiger partial charge >= 0.3 is 5.97 Å². The second kappa shape index (κ2) is 9.52. The molecule has 1 aliphatic rings. The highest BCUT2D eigenvalue weighted by atomic mass is 16.5. The topological polar surface area (TPSA) is 46.5 Å². The van der Waals surface area contributed by atoms with Crippen molar-refractivity contribution in [3.63, 3.8) is 0 Å². The van der Waals surface area contributed by atoms with E-state index >= 15 is 0 Å². The van der Waals surface area contributed by atoms with Gasteiger partial charge < -0.3 is 9.84 Å². The molecule has 0 aliphatic heterocycles. The van der Waals surface area contributed by atoms with Crippen LogP contribution in [0.3, 0.4) is 0 Å². The second-order valence-electron chi connectivity index (χ2n) is 7.23. The molecule has 2 aromatic carbocycles. The Bertz CT molecular complexity index is 771. The molecule has 0 saturated heterocycles. The van der Waals surface area contributed by atoms with Crippen LogP contribution < -0.4 is 0 Å². The molecule has 1 N–H and O–H groups in total. The number of hydrogen-bond donors (Lipinski definition) is 1. The summed E-state index contributed by atoms with van der Waals surface area (Å²) in [6.07, 6.45) is 8.36. The van der Waals surface area contributed by atoms with Gasteiger partial charge in [0.15, 0.2) is 0 Å². The monoisotopic (exact) mass is 364 g/mol. The van der Waals surface area contributed by atoms with Gasteiger partial charge in [0.1, 0.15) is 0 Å². The molecule has 142 valence electrons. The molecule has 0 atom stereocenters. The molecule has 3 heteroatoms. The first-order chi connectivity index (χ1) is 13.2. The fraction of sp³-hybridized carbons (Fsp3) is 0.375. The standard InChI is InChI=1S/C24H28O3/c1-2-24(26)27-15-14-22-16-21(19-6-4-3-5-7-19)12-13-23(22)20-10-8-18(17-25)9-11-20/h2,8-13,16,19,25H,1,3-7,14-15,17H2. The Morgan fingerprint density at radius 2 is 1.85 bits per heavy atom. The van der Waals surface area contributed by atoms with E-state index in [4.69, 9.17) is 4.74 Å². The highest BCUT2D eigenvalue weighted by molar-refractivity contribution is 5.81. The highest BCUT2D eigenvalue weighted by Crippen LogP contribution is 2.35. The molecule has 1 fully saturated rings. The zero-order chi connectivity index (χ0) is 19.1. The van der Waals surface area contributed by atoms with Crippen LogP contribution in [0.25, 0.3) is 11.1 Å². The predicted octanol–water partition coefficient (Wildman–Crippen LogP) is 5.17. The maximum atomic E-state index is 11.4. The molecule has 3 nitrogen and oxygen atoms in total. The molecular formula is C24H28O3. The zero-order valence-corrected chi connectivity index (χ0v) is 15.8. The Balaban J connectivity index is 1.87. The smallest absolute Gasteiger partial charge is 0.330 e. The van der Waals surface area contributed by atoms with E-state index in [2.05, 4.69) is 24.8 Å². The van der Waals surface area contributed by atoms with E-state index in [0.29, 0.717) is 18.9 Å². The summed E-state index contributed by atoms with van der Waals surface area (Å²) in [5.74, 6) is 0.256. The molecule has 0 aromatic heterocycles. The van der Waals surface area contributed by atoms with Crippen LogP contribution in [0.5, 0.6) is 0 Å². The van der Waals surface area contributed by atoms with Crippen LogP contribution >= 0.6 is 0 Å². The van der Waals surface area contributed by atoms with Crippen molar-refractivity contribution in [2.45, 2.75) is 51.0 Å². The molecule has 1 aliphatic carbocycles. The van der Waals surface area contributed by atoms with Crippen LogP contribution in [0.1, 0.15) is 54.7 Å². The maximum Gasteiger partial charge on any atom is 0.330 e. The van der Waals surface area contributed by atoms with Crippen molar-refractivity contribution in [3.05, 3.63) is 71.8 Å². The number of carbonyl (C=O) groups excluding carboxylic acids is 1. The maximum absolute atomic E-state index is 11.4. The lowest BCUT2D eigenvalue weighted by Gasteiger charge is -2.23. The highest BCUT2D eigenvalue weighted by Gasteiger charge is 2.17. The average molecular weight is 364 g/mol. The number of benzene rings is 2. The number of aliphatic hydroxyl groups excluding tert-OH is 1. The minimum Gasteiger partial charge on any atom is -0.462 e. The van der Waals surface area contributed by atoms with E-state index in [1.54, 1.807) is 0 Å². The normalized spacial score (nSPS) is 14.7. The van der Waals surface area contributed by atoms with Gasteiger partial charge in [0, 0.05) is 12.5 Å². The first-order valence-electron chi connectivity index (χ1n) is 9.83. The van der Waals surface area contributed by atoms with Gasteiger partial charge in [0.25, 0.3) is 0 Å². The third kappa shape index (κ3) is 5.08. The van der Waals surface area contributed by atoms with Crippen molar-refractivity contribution < 1.29 is 14.6 Å². The lowest BCUT2D eigenvalue weighted by atomic mass is 9.82. The first kappa shape index (κ1) is 19.4. The first-order valence-corrected chi connectivity index (χ1v) is 9.83. The zero-order valence-electron chi connectivity index (χ0n) is 15.8. The van der Waals surface area contributed by atoms with Gasteiger partial charge in [0.05, 0.1) is 13.2 Å². The van der Waals surface area contributed by atoms with Gasteiger partial charge in [0.2, 0.25) is 0 Å². The van der Waals surface area contributed by atoms with Crippen molar-refractivity contribution in [2.75, 3.05) is 6.61 Å². The molecule has 0 heterocycles. The fourth-order valence-corrected chi connectivity index (χ4v) is 3.90. The number of hydrogen-bond acceptors (Lipinski definition) is 3. The third-order valence-electron chi connectivity index (χ3n) is 5.44. The van der Waals surface area contributed by atoms with Crippen LogP contribution in [0.2, 0.25) is 0 Å². The van der Waals surface area contributed by atoms with Crippen LogP contribution in [-0.4, -0.2) is 17.7 Å². The molecule has 1 saturated carbocycles. The molecule has 0 spiro atoms. The summed E-state index contributed by atoms with van der Waals surface area (Å²) in [5.41, 5.74) is 5.78. The Kier molecular flexibility index (Phi) is 6.83. The molecule has 0 amide bonds. The Hall–Kier alpha value is -2.39. The van der Waals surface area contributed by atoms with Gasteiger partial charge in [-0.15, -0.1) is 0 Å². The number of aliphatic hydroxyl groups is 1. The van der Waals surface area contributed by atoms with E-state index in [1.807, 2.05) is 24.3 Å². The summed E-state index contributed by atoms with van der Waals surface area (Å²) >= 11 is 0. The predicted molar refractivity (Wildman–Crippen MR) is 108 cm³/mol. The number of rotatable bonds is 7. The van der Waals surface area contributed by atoms with Gasteiger partial charge in [-0.3, -0.25) is 0 Å². The summed E-state index contributed by atoms with van der Waals surface area (Å²) < 4.78 is 5.22. The molecule has 27 heavy (non-hydrogen) atoms. The number of carbonyl (C=O) groups is 1. The molecule has 3 rings (SSSR count). The summed E-state index contributed by atoms with van der Waals surface area (Å²) in [4.78, 5) is 11.4. The Labute approximate surface area is 161 Å². The number of ether oxygens (including phenoxy) is 1. The molecule has 0 bridgehead atoms. The van der Waals surface area contributed by atoms with Gasteiger partial charge in [-0.05, 0) is 46.6 Å². The van der Waals surface area contributed by atoms with Crippen molar-refractivity contribution in [1.29, 1.82) is 0 Å². The van der Waals surface area contributed by atoms with Crippen LogP contribution in [-0.2, 0) is 22.6 Å². The quantitative estimate of drug-likeness (QED) is 0.545. The van der Waals surface area contributed by atoms with Crippen LogP contribution in [0.4, 0.5) is 0 Å². The Morgan fingerprint density at radius 1 is 1.11 bits per heavy atom. The molecule has 2 aromatic rings. The lowest BCUT2D eigenvalue weighted by Crippen LogP contribution is -2.08. The minimum atomic E-state index is -0.382. The van der Waals surface area contributed by atoms with Crippen molar-refractivity contribution in [2.24, 2.45) is 0 Å². The van der Waals surface area contributed by atoms with Crippen LogP contribution in [0, 0.1) is 0 Å². The second-order valence-corrected chi connectivity index (χ2v) is 7.23. The van der Waals surface area contributed by atoms with Gasteiger partial charge in [-0.25, -0.2) is 4.79 Å². The number of esters is 1.